The average molecular weight is 289 g/mol. The summed E-state index contributed by atoms with van der Waals surface area (Å²) in [5.41, 5.74) is 4.43. The third kappa shape index (κ3) is 5.08. The molecule has 0 heterocycles. The van der Waals surface area contributed by atoms with Crippen LogP contribution in [-0.4, -0.2) is 18.1 Å². The van der Waals surface area contributed by atoms with Gasteiger partial charge in [-0.25, -0.2) is 4.79 Å². The number of alkyl halides is 3. The van der Waals surface area contributed by atoms with E-state index in [1.165, 1.54) is 18.2 Å². The minimum Gasteiger partial charge on any atom is -0.335 e. The fourth-order valence-electron chi connectivity index (χ4n) is 1.84. The van der Waals surface area contributed by atoms with E-state index in [0.717, 1.165) is 6.07 Å². The van der Waals surface area contributed by atoms with Crippen molar-refractivity contribution in [2.45, 2.75) is 38.5 Å². The Labute approximate surface area is 115 Å². The zero-order valence-corrected chi connectivity index (χ0v) is 11.3. The van der Waals surface area contributed by atoms with Crippen LogP contribution in [0.1, 0.15) is 25.8 Å². The van der Waals surface area contributed by atoms with Crippen LogP contribution in [0.4, 0.5) is 23.7 Å². The predicted octanol–water partition coefficient (Wildman–Crippen LogP) is 2.95. The van der Waals surface area contributed by atoms with E-state index >= 15 is 0 Å². The van der Waals surface area contributed by atoms with Gasteiger partial charge in [-0.05, 0) is 32.4 Å². The molecule has 0 radical (unpaired) electrons. The average Bonchev–Trinajstić information content (AvgIpc) is 2.26. The number of carbonyl (C=O) groups excluding carboxylic acids is 1. The third-order valence-corrected chi connectivity index (χ3v) is 2.58. The number of nitrogens with one attached hydrogen (secondary N) is 2. The lowest BCUT2D eigenvalue weighted by Gasteiger charge is -2.18. The largest absolute Gasteiger partial charge is 0.418 e. The van der Waals surface area contributed by atoms with Gasteiger partial charge >= 0.3 is 12.2 Å². The van der Waals surface area contributed by atoms with Crippen LogP contribution >= 0.6 is 0 Å². The molecule has 1 aromatic carbocycles. The van der Waals surface area contributed by atoms with E-state index in [4.69, 9.17) is 5.73 Å². The molecule has 1 aromatic rings. The number of urea groups is 1. The SMILES string of the molecule is CC(N)CC(C)NC(=O)Nc1ccccc1C(F)(F)F. The summed E-state index contributed by atoms with van der Waals surface area (Å²) in [6.07, 6.45) is -3.98. The van der Waals surface area contributed by atoms with Crippen molar-refractivity contribution in [1.82, 2.24) is 5.32 Å². The molecule has 4 nitrogen and oxygen atoms in total. The zero-order valence-electron chi connectivity index (χ0n) is 11.3. The van der Waals surface area contributed by atoms with Crippen molar-refractivity contribution >= 4 is 11.7 Å². The van der Waals surface area contributed by atoms with Crippen LogP contribution in [0.3, 0.4) is 0 Å². The van der Waals surface area contributed by atoms with Gasteiger partial charge in [0.25, 0.3) is 0 Å². The Bertz CT molecular complexity index is 460. The van der Waals surface area contributed by atoms with Gasteiger partial charge in [-0.2, -0.15) is 13.2 Å². The fourth-order valence-corrected chi connectivity index (χ4v) is 1.84. The van der Waals surface area contributed by atoms with Crippen LogP contribution in [-0.2, 0) is 6.18 Å². The molecule has 4 N–H and O–H groups in total. The van der Waals surface area contributed by atoms with E-state index in [0.29, 0.717) is 6.42 Å². The van der Waals surface area contributed by atoms with Gasteiger partial charge in [0.15, 0.2) is 0 Å². The van der Waals surface area contributed by atoms with Crippen LogP contribution in [0, 0.1) is 0 Å². The second-order valence-corrected chi connectivity index (χ2v) is 4.76. The molecule has 112 valence electrons. The van der Waals surface area contributed by atoms with E-state index < -0.39 is 17.8 Å². The van der Waals surface area contributed by atoms with Crippen LogP contribution in [0.15, 0.2) is 24.3 Å². The summed E-state index contributed by atoms with van der Waals surface area (Å²) in [6.45, 7) is 3.52. The summed E-state index contributed by atoms with van der Waals surface area (Å²) >= 11 is 0. The Hall–Kier alpha value is -1.76. The topological polar surface area (TPSA) is 67.1 Å². The highest BCUT2D eigenvalue weighted by Gasteiger charge is 2.33. The van der Waals surface area contributed by atoms with E-state index in [-0.39, 0.29) is 17.8 Å². The van der Waals surface area contributed by atoms with E-state index in [2.05, 4.69) is 10.6 Å². The monoisotopic (exact) mass is 289 g/mol. The number of benzene rings is 1. The summed E-state index contributed by atoms with van der Waals surface area (Å²) in [5, 5.41) is 4.75. The highest BCUT2D eigenvalue weighted by molar-refractivity contribution is 5.90. The number of hydrogen-bond acceptors (Lipinski definition) is 2. The molecule has 0 bridgehead atoms. The first-order valence-corrected chi connectivity index (χ1v) is 6.19. The molecule has 0 aliphatic rings. The summed E-state index contributed by atoms with van der Waals surface area (Å²) in [4.78, 5) is 11.7. The first-order chi connectivity index (χ1) is 9.20. The number of nitrogens with two attached hydrogens (primary N) is 1. The molecular formula is C13H18F3N3O. The molecule has 0 aliphatic carbocycles. The Morgan fingerprint density at radius 1 is 1.30 bits per heavy atom. The lowest BCUT2D eigenvalue weighted by atomic mass is 10.1. The third-order valence-electron chi connectivity index (χ3n) is 2.58. The first kappa shape index (κ1) is 16.3. The normalized spacial score (nSPS) is 14.5. The number of amides is 2. The minimum atomic E-state index is -4.51. The lowest BCUT2D eigenvalue weighted by Crippen LogP contribution is -2.39. The van der Waals surface area contributed by atoms with E-state index in [1.807, 2.05) is 0 Å². The number of para-hydroxylation sites is 1. The van der Waals surface area contributed by atoms with Crippen molar-refractivity contribution in [3.63, 3.8) is 0 Å². The van der Waals surface area contributed by atoms with E-state index in [1.54, 1.807) is 13.8 Å². The van der Waals surface area contributed by atoms with Gasteiger partial charge in [0.1, 0.15) is 0 Å². The van der Waals surface area contributed by atoms with Crippen LogP contribution in [0.5, 0.6) is 0 Å². The molecule has 0 fully saturated rings. The molecule has 0 aliphatic heterocycles. The number of anilines is 1. The van der Waals surface area contributed by atoms with Crippen molar-refractivity contribution in [2.24, 2.45) is 5.73 Å². The Balaban J connectivity index is 2.72. The van der Waals surface area contributed by atoms with Gasteiger partial charge in [-0.1, -0.05) is 12.1 Å². The molecule has 0 aromatic heterocycles. The Kier molecular flexibility index (Phi) is 5.38. The second kappa shape index (κ2) is 6.60. The number of carbonyl (C=O) groups is 1. The second-order valence-electron chi connectivity index (χ2n) is 4.76. The van der Waals surface area contributed by atoms with Gasteiger partial charge in [-0.3, -0.25) is 0 Å². The molecule has 0 spiro atoms. The predicted molar refractivity (Wildman–Crippen MR) is 71.3 cm³/mol. The van der Waals surface area contributed by atoms with Crippen LogP contribution in [0.25, 0.3) is 0 Å². The zero-order chi connectivity index (χ0) is 15.3. The summed E-state index contributed by atoms with van der Waals surface area (Å²) in [7, 11) is 0. The fraction of sp³-hybridized carbons (Fsp3) is 0.462. The van der Waals surface area contributed by atoms with Gasteiger partial charge in [0.2, 0.25) is 0 Å². The number of hydrogen-bond donors (Lipinski definition) is 3. The molecule has 2 amide bonds. The first-order valence-electron chi connectivity index (χ1n) is 6.19. The number of halogens is 3. The van der Waals surface area contributed by atoms with Gasteiger partial charge in [0, 0.05) is 12.1 Å². The Morgan fingerprint density at radius 2 is 1.90 bits per heavy atom. The van der Waals surface area contributed by atoms with Crippen molar-refractivity contribution < 1.29 is 18.0 Å². The van der Waals surface area contributed by atoms with Crippen molar-refractivity contribution in [3.8, 4) is 0 Å². The molecular weight excluding hydrogens is 271 g/mol. The molecule has 0 saturated heterocycles. The summed E-state index contributed by atoms with van der Waals surface area (Å²) in [6, 6.07) is 3.80. The maximum atomic E-state index is 12.7. The maximum Gasteiger partial charge on any atom is 0.418 e. The Morgan fingerprint density at radius 3 is 2.45 bits per heavy atom. The van der Waals surface area contributed by atoms with Gasteiger partial charge in [0.05, 0.1) is 11.3 Å². The molecule has 2 unspecified atom stereocenters. The number of rotatable bonds is 4. The minimum absolute atomic E-state index is 0.104. The lowest BCUT2D eigenvalue weighted by molar-refractivity contribution is -0.136. The molecule has 7 heteroatoms. The highest BCUT2D eigenvalue weighted by Crippen LogP contribution is 2.34. The summed E-state index contributed by atoms with van der Waals surface area (Å²) < 4.78 is 38.2. The van der Waals surface area contributed by atoms with Crippen LogP contribution in [0.2, 0.25) is 0 Å². The van der Waals surface area contributed by atoms with Crippen molar-refractivity contribution in [1.29, 1.82) is 0 Å². The van der Waals surface area contributed by atoms with Crippen molar-refractivity contribution in [3.05, 3.63) is 29.8 Å². The standard InChI is InChI=1S/C13H18F3N3O/c1-8(17)7-9(2)18-12(20)19-11-6-4-3-5-10(11)13(14,15)16/h3-6,8-9H,7,17H2,1-2H3,(H2,18,19,20). The highest BCUT2D eigenvalue weighted by atomic mass is 19.4. The van der Waals surface area contributed by atoms with Crippen LogP contribution < -0.4 is 16.4 Å². The van der Waals surface area contributed by atoms with Crippen molar-refractivity contribution in [2.75, 3.05) is 5.32 Å². The maximum absolute atomic E-state index is 12.7. The molecule has 2 atom stereocenters. The quantitative estimate of drug-likeness (QED) is 0.797. The molecule has 20 heavy (non-hydrogen) atoms. The summed E-state index contributed by atoms with van der Waals surface area (Å²) in [5.74, 6) is 0. The molecule has 0 saturated carbocycles. The van der Waals surface area contributed by atoms with Gasteiger partial charge in [-0.15, -0.1) is 0 Å². The smallest absolute Gasteiger partial charge is 0.335 e. The van der Waals surface area contributed by atoms with E-state index in [9.17, 15) is 18.0 Å². The molecule has 1 rings (SSSR count). The van der Waals surface area contributed by atoms with Gasteiger partial charge < -0.3 is 16.4 Å².